The number of hydrogen-bond donors (Lipinski definition) is 1. The first-order valence-corrected chi connectivity index (χ1v) is 9.52. The van der Waals surface area contributed by atoms with Gasteiger partial charge in [0.2, 0.25) is 0 Å². The number of thiazole rings is 1. The van der Waals surface area contributed by atoms with E-state index in [4.69, 9.17) is 0 Å². The van der Waals surface area contributed by atoms with Crippen molar-refractivity contribution >= 4 is 55.1 Å². The second kappa shape index (κ2) is 6.26. The minimum atomic E-state index is -0.133. The lowest BCUT2D eigenvalue weighted by Crippen LogP contribution is -2.11. The van der Waals surface area contributed by atoms with Gasteiger partial charge in [-0.05, 0) is 42.0 Å². The van der Waals surface area contributed by atoms with Crippen LogP contribution in [-0.2, 0) is 0 Å². The van der Waals surface area contributed by atoms with Crippen molar-refractivity contribution in [2.75, 3.05) is 11.6 Å². The number of nitrogens with one attached hydrogen (secondary N) is 1. The molecule has 4 rings (SSSR count). The van der Waals surface area contributed by atoms with Crippen molar-refractivity contribution in [3.63, 3.8) is 0 Å². The van der Waals surface area contributed by atoms with Crippen molar-refractivity contribution in [2.45, 2.75) is 4.90 Å². The van der Waals surface area contributed by atoms with Gasteiger partial charge >= 0.3 is 0 Å². The third-order valence-corrected chi connectivity index (χ3v) is 5.54. The Bertz CT molecular complexity index is 1040. The van der Waals surface area contributed by atoms with Crippen molar-refractivity contribution in [3.05, 3.63) is 66.2 Å². The second-order valence-electron chi connectivity index (χ2n) is 5.34. The first-order chi connectivity index (χ1) is 11.7. The van der Waals surface area contributed by atoms with Crippen LogP contribution in [0, 0.1) is 0 Å². The van der Waals surface area contributed by atoms with Crippen LogP contribution in [0.15, 0.2) is 65.6 Å². The molecule has 5 heteroatoms. The molecule has 0 saturated heterocycles. The van der Waals surface area contributed by atoms with E-state index in [1.54, 1.807) is 11.8 Å². The van der Waals surface area contributed by atoms with E-state index >= 15 is 0 Å². The number of nitrogens with zero attached hydrogens (tertiary/aromatic N) is 1. The first-order valence-electron chi connectivity index (χ1n) is 7.48. The maximum absolute atomic E-state index is 12.4. The molecule has 118 valence electrons. The Balaban J connectivity index is 1.66. The fourth-order valence-corrected chi connectivity index (χ4v) is 3.91. The topological polar surface area (TPSA) is 42.0 Å². The Hall–Kier alpha value is -2.37. The molecule has 1 heterocycles. The maximum Gasteiger partial charge on any atom is 0.257 e. The van der Waals surface area contributed by atoms with Gasteiger partial charge < -0.3 is 0 Å². The van der Waals surface area contributed by atoms with E-state index in [2.05, 4.69) is 34.6 Å². The quantitative estimate of drug-likeness (QED) is 0.501. The number of anilines is 1. The highest BCUT2D eigenvalue weighted by molar-refractivity contribution is 7.98. The van der Waals surface area contributed by atoms with Crippen LogP contribution in [0.25, 0.3) is 21.0 Å². The van der Waals surface area contributed by atoms with Gasteiger partial charge in [-0.1, -0.05) is 41.7 Å². The van der Waals surface area contributed by atoms with Crippen molar-refractivity contribution in [3.8, 4) is 0 Å². The summed E-state index contributed by atoms with van der Waals surface area (Å²) in [4.78, 5) is 18.2. The van der Waals surface area contributed by atoms with Crippen molar-refractivity contribution in [1.29, 1.82) is 0 Å². The van der Waals surface area contributed by atoms with E-state index in [1.807, 2.05) is 42.7 Å². The number of carbonyl (C=O) groups excluding carboxylic acids is 1. The third-order valence-electron chi connectivity index (χ3n) is 3.86. The molecule has 1 amide bonds. The van der Waals surface area contributed by atoms with Crippen LogP contribution >= 0.6 is 23.1 Å². The Labute approximate surface area is 147 Å². The summed E-state index contributed by atoms with van der Waals surface area (Å²) in [7, 11) is 0. The fourth-order valence-electron chi connectivity index (χ4n) is 2.63. The zero-order valence-corrected chi connectivity index (χ0v) is 14.6. The van der Waals surface area contributed by atoms with Crippen LogP contribution in [0.5, 0.6) is 0 Å². The van der Waals surface area contributed by atoms with E-state index in [0.29, 0.717) is 10.7 Å². The highest BCUT2D eigenvalue weighted by Crippen LogP contribution is 2.31. The van der Waals surface area contributed by atoms with Crippen LogP contribution in [0.4, 0.5) is 5.13 Å². The molecule has 3 aromatic carbocycles. The lowest BCUT2D eigenvalue weighted by Gasteiger charge is -2.02. The predicted octanol–water partition coefficient (Wildman–Crippen LogP) is 5.42. The van der Waals surface area contributed by atoms with E-state index in [-0.39, 0.29) is 5.91 Å². The highest BCUT2D eigenvalue weighted by Gasteiger charge is 2.11. The molecule has 0 radical (unpaired) electrons. The Kier molecular flexibility index (Phi) is 3.96. The van der Waals surface area contributed by atoms with Crippen LogP contribution in [0.1, 0.15) is 10.4 Å². The number of rotatable bonds is 3. The van der Waals surface area contributed by atoms with E-state index < -0.39 is 0 Å². The number of aromatic nitrogens is 1. The molecule has 0 fully saturated rings. The van der Waals surface area contributed by atoms with Gasteiger partial charge in [0.25, 0.3) is 5.91 Å². The Morgan fingerprint density at radius 3 is 2.62 bits per heavy atom. The number of amides is 1. The molecule has 0 unspecified atom stereocenters. The summed E-state index contributed by atoms with van der Waals surface area (Å²) in [6, 6.07) is 19.9. The molecule has 1 aromatic heterocycles. The maximum atomic E-state index is 12.4. The molecule has 0 atom stereocenters. The molecule has 0 bridgehead atoms. The van der Waals surface area contributed by atoms with Crippen molar-refractivity contribution in [1.82, 2.24) is 4.98 Å². The monoisotopic (exact) mass is 350 g/mol. The Morgan fingerprint density at radius 2 is 1.83 bits per heavy atom. The average Bonchev–Trinajstić information content (AvgIpc) is 3.04. The van der Waals surface area contributed by atoms with Gasteiger partial charge in [-0.3, -0.25) is 10.1 Å². The van der Waals surface area contributed by atoms with Gasteiger partial charge in [0.1, 0.15) is 0 Å². The van der Waals surface area contributed by atoms with E-state index in [0.717, 1.165) is 25.9 Å². The molecular weight excluding hydrogens is 336 g/mol. The van der Waals surface area contributed by atoms with Gasteiger partial charge in [-0.25, -0.2) is 4.98 Å². The van der Waals surface area contributed by atoms with Crippen LogP contribution in [-0.4, -0.2) is 17.1 Å². The zero-order valence-electron chi connectivity index (χ0n) is 12.9. The summed E-state index contributed by atoms with van der Waals surface area (Å²) in [5, 5.41) is 5.80. The fraction of sp³-hybridized carbons (Fsp3) is 0.0526. The number of benzene rings is 3. The number of fused-ring (bicyclic) bond motifs is 3. The summed E-state index contributed by atoms with van der Waals surface area (Å²) < 4.78 is 1.07. The van der Waals surface area contributed by atoms with Crippen LogP contribution in [0.2, 0.25) is 0 Å². The lowest BCUT2D eigenvalue weighted by atomic mass is 10.1. The van der Waals surface area contributed by atoms with E-state index in [1.165, 1.54) is 11.3 Å². The van der Waals surface area contributed by atoms with Gasteiger partial charge in [-0.15, -0.1) is 11.8 Å². The normalized spacial score (nSPS) is 11.0. The number of hydrogen-bond acceptors (Lipinski definition) is 4. The van der Waals surface area contributed by atoms with Gasteiger partial charge in [0.15, 0.2) is 5.13 Å². The standard InChI is InChI=1S/C19H14N2OS2/c1-23-14-9-6-13(7-10-14)18(22)21-19-20-17-15-5-3-2-4-12(15)8-11-16(17)24-19/h2-11H,1H3,(H,20,21,22). The van der Waals surface area contributed by atoms with Crippen molar-refractivity contribution in [2.24, 2.45) is 0 Å². The van der Waals surface area contributed by atoms with Crippen LogP contribution < -0.4 is 5.32 Å². The summed E-state index contributed by atoms with van der Waals surface area (Å²) >= 11 is 3.15. The zero-order chi connectivity index (χ0) is 16.5. The smallest absolute Gasteiger partial charge is 0.257 e. The molecule has 0 saturated carbocycles. The molecule has 1 N–H and O–H groups in total. The minimum absolute atomic E-state index is 0.133. The first kappa shape index (κ1) is 15.2. The Morgan fingerprint density at radius 1 is 1.04 bits per heavy atom. The molecule has 0 aliphatic heterocycles. The summed E-state index contributed by atoms with van der Waals surface area (Å²) in [5.74, 6) is -0.133. The molecule has 0 aliphatic rings. The molecule has 0 aliphatic carbocycles. The molecule has 24 heavy (non-hydrogen) atoms. The van der Waals surface area contributed by atoms with Gasteiger partial charge in [0.05, 0.1) is 10.2 Å². The molecular formula is C19H14N2OS2. The van der Waals surface area contributed by atoms with Crippen LogP contribution in [0.3, 0.4) is 0 Å². The number of carbonyl (C=O) groups is 1. The summed E-state index contributed by atoms with van der Waals surface area (Å²) in [6.07, 6.45) is 2.01. The van der Waals surface area contributed by atoms with Gasteiger partial charge in [-0.2, -0.15) is 0 Å². The van der Waals surface area contributed by atoms with E-state index in [9.17, 15) is 4.79 Å². The number of thioether (sulfide) groups is 1. The summed E-state index contributed by atoms with van der Waals surface area (Å²) in [6.45, 7) is 0. The molecule has 4 aromatic rings. The largest absolute Gasteiger partial charge is 0.298 e. The molecule has 3 nitrogen and oxygen atoms in total. The molecule has 0 spiro atoms. The SMILES string of the molecule is CSc1ccc(C(=O)Nc2nc3c(ccc4ccccc43)s2)cc1. The average molecular weight is 350 g/mol. The van der Waals surface area contributed by atoms with Crippen molar-refractivity contribution < 1.29 is 4.79 Å². The third kappa shape index (κ3) is 2.77. The predicted molar refractivity (Wildman–Crippen MR) is 103 cm³/mol. The highest BCUT2D eigenvalue weighted by atomic mass is 32.2. The second-order valence-corrected chi connectivity index (χ2v) is 7.25. The van der Waals surface area contributed by atoms with Gasteiger partial charge in [0, 0.05) is 15.8 Å². The lowest BCUT2D eigenvalue weighted by molar-refractivity contribution is 0.102. The summed E-state index contributed by atoms with van der Waals surface area (Å²) in [5.41, 5.74) is 1.57. The minimum Gasteiger partial charge on any atom is -0.298 e.